The van der Waals surface area contributed by atoms with Crippen LogP contribution < -0.4 is 10.6 Å². The van der Waals surface area contributed by atoms with Crippen LogP contribution in [0.2, 0.25) is 0 Å². The smallest absolute Gasteiger partial charge is 0.220 e. The number of hydrogen-bond donors (Lipinski definition) is 1. The van der Waals surface area contributed by atoms with E-state index in [1.165, 1.54) is 51.4 Å². The lowest BCUT2D eigenvalue weighted by Crippen LogP contribution is -2.35. The van der Waals surface area contributed by atoms with Crippen molar-refractivity contribution in [1.29, 1.82) is 0 Å². The van der Waals surface area contributed by atoms with Crippen LogP contribution in [-0.2, 0) is 4.79 Å². The summed E-state index contributed by atoms with van der Waals surface area (Å²) >= 11 is 0. The summed E-state index contributed by atoms with van der Waals surface area (Å²) in [7, 11) is 0. The van der Waals surface area contributed by atoms with Crippen LogP contribution in [0, 0.1) is 5.92 Å². The third-order valence-corrected chi connectivity index (χ3v) is 4.32. The van der Waals surface area contributed by atoms with Crippen LogP contribution in [0.15, 0.2) is 0 Å². The Morgan fingerprint density at radius 2 is 1.83 bits per heavy atom. The predicted octanol–water partition coefficient (Wildman–Crippen LogP) is 2.62. The zero-order valence-electron chi connectivity index (χ0n) is 11.5. The molecule has 1 atom stereocenters. The van der Waals surface area contributed by atoms with Crippen molar-refractivity contribution in [3.63, 3.8) is 0 Å². The van der Waals surface area contributed by atoms with E-state index in [2.05, 4.69) is 10.6 Å². The molecule has 2 fully saturated rings. The van der Waals surface area contributed by atoms with Gasteiger partial charge in [-0.05, 0) is 38.0 Å². The van der Waals surface area contributed by atoms with Gasteiger partial charge in [-0.25, -0.2) is 5.32 Å². The second-order valence-electron chi connectivity index (χ2n) is 5.93. The van der Waals surface area contributed by atoms with Crippen molar-refractivity contribution < 1.29 is 4.79 Å². The van der Waals surface area contributed by atoms with E-state index >= 15 is 0 Å². The maximum Gasteiger partial charge on any atom is 0.220 e. The van der Waals surface area contributed by atoms with Gasteiger partial charge in [-0.3, -0.25) is 4.79 Å². The Labute approximate surface area is 111 Å². The highest BCUT2D eigenvalue weighted by molar-refractivity contribution is 5.76. The Balaban J connectivity index is 1.61. The fraction of sp³-hybridized carbons (Fsp3) is 0.933. The van der Waals surface area contributed by atoms with Gasteiger partial charge in [0.1, 0.15) is 0 Å². The minimum Gasteiger partial charge on any atom is -0.353 e. The Bertz CT molecular complexity index is 241. The zero-order chi connectivity index (χ0) is 12.6. The van der Waals surface area contributed by atoms with Crippen molar-refractivity contribution in [2.75, 3.05) is 13.1 Å². The summed E-state index contributed by atoms with van der Waals surface area (Å²) in [6.07, 6.45) is 11.8. The van der Waals surface area contributed by atoms with Crippen molar-refractivity contribution in [1.82, 2.24) is 10.6 Å². The fourth-order valence-electron chi connectivity index (χ4n) is 3.15. The molecule has 1 aliphatic carbocycles. The van der Waals surface area contributed by atoms with E-state index in [1.807, 2.05) is 0 Å². The first-order valence-corrected chi connectivity index (χ1v) is 7.77. The number of nitrogens with zero attached hydrogens (tertiary/aromatic N) is 1. The first-order chi connectivity index (χ1) is 8.84. The van der Waals surface area contributed by atoms with Gasteiger partial charge in [-0.2, -0.15) is 0 Å². The molecule has 1 radical (unpaired) electrons. The van der Waals surface area contributed by atoms with Crippen LogP contribution in [0.1, 0.15) is 64.2 Å². The molecule has 1 heterocycles. The van der Waals surface area contributed by atoms with Gasteiger partial charge in [0, 0.05) is 25.6 Å². The Kier molecular flexibility index (Phi) is 5.98. The van der Waals surface area contributed by atoms with Crippen molar-refractivity contribution in [3.8, 4) is 0 Å². The van der Waals surface area contributed by atoms with Crippen molar-refractivity contribution in [2.45, 2.75) is 70.3 Å². The van der Waals surface area contributed by atoms with Gasteiger partial charge in [0.15, 0.2) is 0 Å². The van der Waals surface area contributed by atoms with E-state index in [9.17, 15) is 4.79 Å². The number of carbonyl (C=O) groups excluding carboxylic acids is 1. The van der Waals surface area contributed by atoms with Crippen LogP contribution >= 0.6 is 0 Å². The van der Waals surface area contributed by atoms with E-state index < -0.39 is 0 Å². The molecule has 3 nitrogen and oxygen atoms in total. The lowest BCUT2D eigenvalue weighted by molar-refractivity contribution is -0.122. The molecule has 1 aliphatic heterocycles. The number of hydrogen-bond acceptors (Lipinski definition) is 1. The molecular weight excluding hydrogens is 224 g/mol. The summed E-state index contributed by atoms with van der Waals surface area (Å²) in [5, 5.41) is 7.66. The minimum atomic E-state index is 0.271. The largest absolute Gasteiger partial charge is 0.353 e. The Morgan fingerprint density at radius 1 is 1.06 bits per heavy atom. The Hall–Kier alpha value is -0.570. The number of rotatable bonds is 4. The number of carbonyl (C=O) groups is 1. The van der Waals surface area contributed by atoms with Gasteiger partial charge >= 0.3 is 0 Å². The van der Waals surface area contributed by atoms with Gasteiger partial charge in [0.2, 0.25) is 5.91 Å². The molecule has 103 valence electrons. The molecule has 0 aromatic rings. The van der Waals surface area contributed by atoms with E-state index in [0.717, 1.165) is 19.5 Å². The number of amides is 1. The summed E-state index contributed by atoms with van der Waals surface area (Å²) in [6.45, 7) is 2.02. The average Bonchev–Trinajstić information content (AvgIpc) is 2.66. The molecule has 1 unspecified atom stereocenters. The average molecular weight is 251 g/mol. The second kappa shape index (κ2) is 7.78. The molecule has 0 spiro atoms. The van der Waals surface area contributed by atoms with E-state index in [0.29, 0.717) is 18.4 Å². The van der Waals surface area contributed by atoms with Gasteiger partial charge in [0.05, 0.1) is 0 Å². The molecule has 3 heteroatoms. The molecular formula is C15H27N2O. The van der Waals surface area contributed by atoms with Gasteiger partial charge in [0.25, 0.3) is 0 Å². The lowest BCUT2D eigenvalue weighted by atomic mass is 9.94. The van der Waals surface area contributed by atoms with Crippen LogP contribution in [0.5, 0.6) is 0 Å². The normalized spacial score (nSPS) is 26.6. The summed E-state index contributed by atoms with van der Waals surface area (Å²) in [5.74, 6) is 0.936. The highest BCUT2D eigenvalue weighted by Gasteiger charge is 2.17. The first-order valence-electron chi connectivity index (χ1n) is 7.77. The maximum atomic E-state index is 11.9. The van der Waals surface area contributed by atoms with Gasteiger partial charge < -0.3 is 5.32 Å². The number of nitrogens with one attached hydrogen (secondary N) is 1. The zero-order valence-corrected chi connectivity index (χ0v) is 11.5. The lowest BCUT2D eigenvalue weighted by Gasteiger charge is -2.22. The monoisotopic (exact) mass is 251 g/mol. The van der Waals surface area contributed by atoms with Crippen LogP contribution in [0.25, 0.3) is 0 Å². The van der Waals surface area contributed by atoms with Crippen molar-refractivity contribution >= 4 is 5.91 Å². The minimum absolute atomic E-state index is 0.271. The SMILES string of the molecule is O=C(CCC1CCC[N]C1)NC1CCCCCC1. The Morgan fingerprint density at radius 3 is 2.50 bits per heavy atom. The quantitative estimate of drug-likeness (QED) is 0.767. The molecule has 1 N–H and O–H groups in total. The van der Waals surface area contributed by atoms with Crippen LogP contribution in [-0.4, -0.2) is 25.0 Å². The first kappa shape index (κ1) is 13.9. The summed E-state index contributed by atoms with van der Waals surface area (Å²) in [5.41, 5.74) is 0. The second-order valence-corrected chi connectivity index (χ2v) is 5.93. The molecule has 1 amide bonds. The highest BCUT2D eigenvalue weighted by Crippen LogP contribution is 2.19. The van der Waals surface area contributed by atoms with E-state index in [4.69, 9.17) is 0 Å². The van der Waals surface area contributed by atoms with Crippen molar-refractivity contribution in [3.05, 3.63) is 0 Å². The topological polar surface area (TPSA) is 43.2 Å². The molecule has 2 aliphatic rings. The van der Waals surface area contributed by atoms with Gasteiger partial charge in [-0.15, -0.1) is 0 Å². The number of piperidine rings is 1. The van der Waals surface area contributed by atoms with Crippen LogP contribution in [0.4, 0.5) is 0 Å². The summed E-state index contributed by atoms with van der Waals surface area (Å²) in [6, 6.07) is 0.455. The molecule has 2 rings (SSSR count). The molecule has 18 heavy (non-hydrogen) atoms. The third kappa shape index (κ3) is 4.97. The molecule has 0 bridgehead atoms. The summed E-state index contributed by atoms with van der Waals surface area (Å²) in [4.78, 5) is 11.9. The fourth-order valence-corrected chi connectivity index (χ4v) is 3.15. The highest BCUT2D eigenvalue weighted by atomic mass is 16.1. The molecule has 0 aromatic carbocycles. The molecule has 0 aromatic heterocycles. The summed E-state index contributed by atoms with van der Waals surface area (Å²) < 4.78 is 0. The maximum absolute atomic E-state index is 11.9. The van der Waals surface area contributed by atoms with E-state index in [-0.39, 0.29) is 5.91 Å². The van der Waals surface area contributed by atoms with Gasteiger partial charge in [-0.1, -0.05) is 25.7 Å². The molecule has 1 saturated carbocycles. The third-order valence-electron chi connectivity index (χ3n) is 4.32. The van der Waals surface area contributed by atoms with Crippen LogP contribution in [0.3, 0.4) is 0 Å². The van der Waals surface area contributed by atoms with Crippen molar-refractivity contribution in [2.24, 2.45) is 5.92 Å². The standard InChI is InChI=1S/C15H27N2O/c18-15(10-9-13-6-5-11-16-12-13)17-14-7-3-1-2-4-8-14/h13-14H,1-12H2,(H,17,18). The molecule has 1 saturated heterocycles. The predicted molar refractivity (Wildman–Crippen MR) is 73.5 cm³/mol. The van der Waals surface area contributed by atoms with E-state index in [1.54, 1.807) is 0 Å².